The van der Waals surface area contributed by atoms with Crippen LogP contribution in [0.4, 0.5) is 11.6 Å². The summed E-state index contributed by atoms with van der Waals surface area (Å²) in [7, 11) is 2.14. The zero-order chi connectivity index (χ0) is 15.8. The van der Waals surface area contributed by atoms with E-state index in [1.165, 1.54) is 0 Å². The van der Waals surface area contributed by atoms with Gasteiger partial charge in [-0.2, -0.15) is 0 Å². The van der Waals surface area contributed by atoms with Crippen LogP contribution in [0.15, 0.2) is 36.8 Å². The Morgan fingerprint density at radius 3 is 2.70 bits per heavy atom. The van der Waals surface area contributed by atoms with Crippen LogP contribution in [0.2, 0.25) is 0 Å². The van der Waals surface area contributed by atoms with E-state index in [0.717, 1.165) is 49.0 Å². The Balaban J connectivity index is 1.78. The third kappa shape index (κ3) is 2.49. The normalized spacial score (nSPS) is 16.1. The van der Waals surface area contributed by atoms with Gasteiger partial charge in [0.1, 0.15) is 5.82 Å². The number of nitrogens with two attached hydrogens (primary N) is 1. The number of rotatable bonds is 2. The van der Waals surface area contributed by atoms with Crippen LogP contribution in [0, 0.1) is 0 Å². The SMILES string of the molecule is CN1CCN(c2nccn3c(-c4cccc(N)n4)cnc23)CC1. The zero-order valence-electron chi connectivity index (χ0n) is 13.1. The Morgan fingerprint density at radius 2 is 1.91 bits per heavy atom. The first-order chi connectivity index (χ1) is 11.2. The van der Waals surface area contributed by atoms with E-state index in [4.69, 9.17) is 5.73 Å². The topological polar surface area (TPSA) is 75.6 Å². The lowest BCUT2D eigenvalue weighted by molar-refractivity contribution is 0.312. The molecule has 0 spiro atoms. The van der Waals surface area contributed by atoms with Gasteiger partial charge in [-0.05, 0) is 19.2 Å². The summed E-state index contributed by atoms with van der Waals surface area (Å²) in [5, 5.41) is 0. The summed E-state index contributed by atoms with van der Waals surface area (Å²) in [6, 6.07) is 5.62. The van der Waals surface area contributed by atoms with Gasteiger partial charge in [0, 0.05) is 38.6 Å². The number of anilines is 2. The van der Waals surface area contributed by atoms with E-state index in [2.05, 4.69) is 31.8 Å². The lowest BCUT2D eigenvalue weighted by Gasteiger charge is -2.33. The first-order valence-electron chi connectivity index (χ1n) is 7.71. The van der Waals surface area contributed by atoms with Crippen LogP contribution in [0.25, 0.3) is 17.0 Å². The average Bonchev–Trinajstić information content (AvgIpc) is 3.00. The van der Waals surface area contributed by atoms with Gasteiger partial charge in [-0.1, -0.05) is 6.07 Å². The van der Waals surface area contributed by atoms with Crippen molar-refractivity contribution in [2.75, 3.05) is 43.9 Å². The van der Waals surface area contributed by atoms with Crippen LogP contribution in [0.1, 0.15) is 0 Å². The molecule has 0 aliphatic carbocycles. The second-order valence-corrected chi connectivity index (χ2v) is 5.83. The molecular formula is C16H19N7. The third-order valence-corrected chi connectivity index (χ3v) is 4.25. The van der Waals surface area contributed by atoms with Crippen molar-refractivity contribution in [3.8, 4) is 11.4 Å². The van der Waals surface area contributed by atoms with Gasteiger partial charge in [0.05, 0.1) is 17.6 Å². The Labute approximate surface area is 134 Å². The average molecular weight is 309 g/mol. The molecule has 23 heavy (non-hydrogen) atoms. The van der Waals surface area contributed by atoms with Crippen LogP contribution in [0.5, 0.6) is 0 Å². The molecule has 0 radical (unpaired) electrons. The minimum Gasteiger partial charge on any atom is -0.384 e. The predicted molar refractivity (Wildman–Crippen MR) is 90.3 cm³/mol. The van der Waals surface area contributed by atoms with E-state index in [9.17, 15) is 0 Å². The van der Waals surface area contributed by atoms with Gasteiger partial charge in [0.2, 0.25) is 0 Å². The molecule has 3 aromatic heterocycles. The molecule has 1 saturated heterocycles. The molecule has 4 rings (SSSR count). The van der Waals surface area contributed by atoms with Gasteiger partial charge in [0.25, 0.3) is 0 Å². The Morgan fingerprint density at radius 1 is 1.09 bits per heavy atom. The number of aromatic nitrogens is 4. The van der Waals surface area contributed by atoms with Gasteiger partial charge in [-0.25, -0.2) is 15.0 Å². The molecule has 118 valence electrons. The molecule has 2 N–H and O–H groups in total. The number of fused-ring (bicyclic) bond motifs is 1. The summed E-state index contributed by atoms with van der Waals surface area (Å²) in [5.41, 5.74) is 8.39. The highest BCUT2D eigenvalue weighted by Crippen LogP contribution is 2.25. The number of nitrogens with zero attached hydrogens (tertiary/aromatic N) is 6. The molecule has 1 aliphatic heterocycles. The van der Waals surface area contributed by atoms with Crippen LogP contribution in [-0.4, -0.2) is 57.5 Å². The molecule has 3 aromatic rings. The molecule has 0 amide bonds. The highest BCUT2D eigenvalue weighted by atomic mass is 15.3. The highest BCUT2D eigenvalue weighted by molar-refractivity contribution is 5.70. The second kappa shape index (κ2) is 5.51. The number of hydrogen-bond donors (Lipinski definition) is 1. The maximum Gasteiger partial charge on any atom is 0.180 e. The van der Waals surface area contributed by atoms with Crippen molar-refractivity contribution in [1.29, 1.82) is 0 Å². The molecule has 4 heterocycles. The van der Waals surface area contributed by atoms with Crippen LogP contribution >= 0.6 is 0 Å². The summed E-state index contributed by atoms with van der Waals surface area (Å²) < 4.78 is 2.03. The molecule has 0 saturated carbocycles. The minimum atomic E-state index is 0.505. The quantitative estimate of drug-likeness (QED) is 0.765. The number of nitrogen functional groups attached to an aromatic ring is 1. The molecule has 7 nitrogen and oxygen atoms in total. The minimum absolute atomic E-state index is 0.505. The summed E-state index contributed by atoms with van der Waals surface area (Å²) in [5.74, 6) is 1.43. The van der Waals surface area contributed by atoms with E-state index >= 15 is 0 Å². The highest BCUT2D eigenvalue weighted by Gasteiger charge is 2.19. The van der Waals surface area contributed by atoms with Gasteiger partial charge in [-0.3, -0.25) is 4.40 Å². The fourth-order valence-corrected chi connectivity index (χ4v) is 2.93. The predicted octanol–water partition coefficient (Wildman–Crippen LogP) is 1.13. The Kier molecular flexibility index (Phi) is 3.34. The number of piperazine rings is 1. The summed E-state index contributed by atoms with van der Waals surface area (Å²) >= 11 is 0. The van der Waals surface area contributed by atoms with Crippen molar-refractivity contribution in [1.82, 2.24) is 24.3 Å². The number of pyridine rings is 1. The van der Waals surface area contributed by atoms with Gasteiger partial charge in [-0.15, -0.1) is 0 Å². The van der Waals surface area contributed by atoms with Gasteiger partial charge >= 0.3 is 0 Å². The molecule has 7 heteroatoms. The molecule has 0 unspecified atom stereocenters. The van der Waals surface area contributed by atoms with Crippen LogP contribution < -0.4 is 10.6 Å². The fourth-order valence-electron chi connectivity index (χ4n) is 2.93. The van der Waals surface area contributed by atoms with Crippen LogP contribution in [0.3, 0.4) is 0 Å². The largest absolute Gasteiger partial charge is 0.384 e. The maximum atomic E-state index is 5.80. The van der Waals surface area contributed by atoms with Gasteiger partial charge in [0.15, 0.2) is 11.5 Å². The zero-order valence-corrected chi connectivity index (χ0v) is 13.1. The fraction of sp³-hybridized carbons (Fsp3) is 0.312. The van der Waals surface area contributed by atoms with Crippen molar-refractivity contribution in [3.05, 3.63) is 36.8 Å². The van der Waals surface area contributed by atoms with Crippen molar-refractivity contribution < 1.29 is 0 Å². The number of likely N-dealkylation sites (N-methyl/N-ethyl adjacent to an activating group) is 1. The van der Waals surface area contributed by atoms with E-state index < -0.39 is 0 Å². The summed E-state index contributed by atoms with van der Waals surface area (Å²) in [6.45, 7) is 3.99. The molecule has 1 aliphatic rings. The lowest BCUT2D eigenvalue weighted by atomic mass is 10.3. The Bertz CT molecular complexity index is 833. The summed E-state index contributed by atoms with van der Waals surface area (Å²) in [4.78, 5) is 18.2. The standard InChI is InChI=1S/C16H19N7/c1-21-7-9-22(10-8-21)15-16-19-11-13(23(16)6-5-18-15)12-3-2-4-14(17)20-12/h2-6,11H,7-10H2,1H3,(H2,17,20). The molecular weight excluding hydrogens is 290 g/mol. The van der Waals surface area contributed by atoms with Gasteiger partial charge < -0.3 is 15.5 Å². The second-order valence-electron chi connectivity index (χ2n) is 5.83. The number of imidazole rings is 1. The van der Waals surface area contributed by atoms with Crippen molar-refractivity contribution >= 4 is 17.3 Å². The first kappa shape index (κ1) is 14.0. The maximum absolute atomic E-state index is 5.80. The number of hydrogen-bond acceptors (Lipinski definition) is 6. The van der Waals surface area contributed by atoms with Crippen molar-refractivity contribution in [2.45, 2.75) is 0 Å². The molecule has 0 bridgehead atoms. The molecule has 0 atom stereocenters. The van der Waals surface area contributed by atoms with Crippen LogP contribution in [-0.2, 0) is 0 Å². The first-order valence-corrected chi connectivity index (χ1v) is 7.71. The van der Waals surface area contributed by atoms with E-state index in [-0.39, 0.29) is 0 Å². The monoisotopic (exact) mass is 309 g/mol. The lowest BCUT2D eigenvalue weighted by Crippen LogP contribution is -2.45. The van der Waals surface area contributed by atoms with Crippen molar-refractivity contribution in [3.63, 3.8) is 0 Å². The molecule has 1 fully saturated rings. The smallest absolute Gasteiger partial charge is 0.180 e. The van der Waals surface area contributed by atoms with E-state index in [0.29, 0.717) is 5.82 Å². The van der Waals surface area contributed by atoms with Crippen molar-refractivity contribution in [2.24, 2.45) is 0 Å². The van der Waals surface area contributed by atoms with E-state index in [1.54, 1.807) is 6.07 Å². The molecule has 0 aromatic carbocycles. The third-order valence-electron chi connectivity index (χ3n) is 4.25. The Hall–Kier alpha value is -2.67. The summed E-state index contributed by atoms with van der Waals surface area (Å²) in [6.07, 6.45) is 5.57. The van der Waals surface area contributed by atoms with E-state index in [1.807, 2.05) is 35.1 Å².